The molecule has 0 radical (unpaired) electrons. The second-order valence-electron chi connectivity index (χ2n) is 13.3. The van der Waals surface area contributed by atoms with E-state index in [4.69, 9.17) is 9.72 Å². The number of piperidine rings is 1. The molecule has 1 unspecified atom stereocenters. The molecule has 43 heavy (non-hydrogen) atoms. The van der Waals surface area contributed by atoms with Crippen LogP contribution in [0, 0.1) is 19.3 Å². The van der Waals surface area contributed by atoms with Crippen LogP contribution in [0.5, 0.6) is 0 Å². The van der Waals surface area contributed by atoms with Gasteiger partial charge in [0, 0.05) is 47.7 Å². The molecule has 3 aromatic rings. The lowest BCUT2D eigenvalue weighted by molar-refractivity contribution is -0.160. The third-order valence-corrected chi connectivity index (χ3v) is 8.91. The number of amides is 1. The van der Waals surface area contributed by atoms with Gasteiger partial charge in [0.05, 0.1) is 11.3 Å². The Bertz CT molecular complexity index is 1450. The first kappa shape index (κ1) is 30.7. The van der Waals surface area contributed by atoms with Gasteiger partial charge in [0.25, 0.3) is 5.91 Å². The zero-order valence-electron chi connectivity index (χ0n) is 26.2. The molecule has 7 nitrogen and oxygen atoms in total. The number of rotatable bonds is 8. The highest BCUT2D eigenvalue weighted by Gasteiger charge is 2.41. The number of nitrogens with zero attached hydrogens (tertiary/aromatic N) is 2. The van der Waals surface area contributed by atoms with E-state index >= 15 is 0 Å². The highest BCUT2D eigenvalue weighted by atomic mass is 16.5. The minimum Gasteiger partial charge on any atom is -0.479 e. The predicted octanol–water partition coefficient (Wildman–Crippen LogP) is 7.40. The van der Waals surface area contributed by atoms with Gasteiger partial charge in [0.15, 0.2) is 6.10 Å². The molecule has 228 valence electrons. The zero-order valence-corrected chi connectivity index (χ0v) is 26.2. The van der Waals surface area contributed by atoms with Gasteiger partial charge in [-0.25, -0.2) is 4.79 Å². The molecule has 1 amide bonds. The van der Waals surface area contributed by atoms with Crippen LogP contribution in [0.25, 0.3) is 11.1 Å². The molecule has 2 fully saturated rings. The summed E-state index contributed by atoms with van der Waals surface area (Å²) in [4.78, 5) is 33.1. The van der Waals surface area contributed by atoms with E-state index < -0.39 is 17.7 Å². The molecular weight excluding hydrogens is 538 g/mol. The molecule has 1 aromatic heterocycles. The fourth-order valence-electron chi connectivity index (χ4n) is 7.02. The van der Waals surface area contributed by atoms with Crippen LogP contribution < -0.4 is 10.2 Å². The van der Waals surface area contributed by atoms with Gasteiger partial charge in [-0.15, -0.1) is 0 Å². The number of hydrogen-bond donors (Lipinski definition) is 2. The molecule has 2 aromatic carbocycles. The van der Waals surface area contributed by atoms with Crippen LogP contribution in [0.2, 0.25) is 0 Å². The molecule has 2 aliphatic rings. The number of benzene rings is 2. The van der Waals surface area contributed by atoms with E-state index in [1.165, 1.54) is 32.1 Å². The summed E-state index contributed by atoms with van der Waals surface area (Å²) in [6.45, 7) is 11.8. The number of anilines is 1. The summed E-state index contributed by atoms with van der Waals surface area (Å²) in [5.41, 5.74) is 6.08. The van der Waals surface area contributed by atoms with Crippen molar-refractivity contribution in [2.75, 3.05) is 18.0 Å². The van der Waals surface area contributed by atoms with Gasteiger partial charge in [0.1, 0.15) is 0 Å². The van der Waals surface area contributed by atoms with Crippen molar-refractivity contribution in [1.29, 1.82) is 0 Å². The molecule has 2 N–H and O–H groups in total. The Kier molecular flexibility index (Phi) is 8.93. The first-order valence-electron chi connectivity index (χ1n) is 15.6. The fourth-order valence-corrected chi connectivity index (χ4v) is 7.02. The topological polar surface area (TPSA) is 91.8 Å². The lowest BCUT2D eigenvalue weighted by Crippen LogP contribution is -2.43. The highest BCUT2D eigenvalue weighted by Crippen LogP contribution is 2.49. The molecule has 1 saturated heterocycles. The van der Waals surface area contributed by atoms with Gasteiger partial charge in [-0.05, 0) is 89.0 Å². The van der Waals surface area contributed by atoms with Crippen molar-refractivity contribution in [1.82, 2.24) is 10.3 Å². The summed E-state index contributed by atoms with van der Waals surface area (Å²) in [6, 6.07) is 17.4. The molecular formula is C36H45N3O4. The standard InChI is InChI=1S/C36H45N3O4/c1-24-29(27-14-16-28(17-15-27)33(40)37-22-26-12-7-6-8-13-26)31(39-21-11-20-36(23-39)18-9-10-19-36)30(25(2)38-24)32(34(41)42)43-35(3,4)5/h6-8,12-17,32H,9-11,18-23H2,1-5H3,(H,37,40)(H,41,42). The summed E-state index contributed by atoms with van der Waals surface area (Å²) in [6.07, 6.45) is 6.05. The minimum absolute atomic E-state index is 0.140. The van der Waals surface area contributed by atoms with Crippen molar-refractivity contribution in [3.63, 3.8) is 0 Å². The lowest BCUT2D eigenvalue weighted by atomic mass is 9.77. The summed E-state index contributed by atoms with van der Waals surface area (Å²) in [5, 5.41) is 13.5. The van der Waals surface area contributed by atoms with E-state index in [1.54, 1.807) is 0 Å². The fraction of sp³-hybridized carbons (Fsp3) is 0.472. The molecule has 0 bridgehead atoms. The van der Waals surface area contributed by atoms with Crippen molar-refractivity contribution in [2.24, 2.45) is 5.41 Å². The molecule has 2 heterocycles. The van der Waals surface area contributed by atoms with Gasteiger partial charge in [-0.3, -0.25) is 9.78 Å². The average molecular weight is 584 g/mol. The summed E-state index contributed by atoms with van der Waals surface area (Å²) in [5.74, 6) is -1.16. The van der Waals surface area contributed by atoms with Gasteiger partial charge < -0.3 is 20.1 Å². The minimum atomic E-state index is -1.16. The number of nitrogens with one attached hydrogen (secondary N) is 1. The first-order valence-corrected chi connectivity index (χ1v) is 15.6. The average Bonchev–Trinajstić information content (AvgIpc) is 3.41. The Balaban J connectivity index is 1.57. The molecule has 1 aliphatic heterocycles. The van der Waals surface area contributed by atoms with E-state index in [1.807, 2.05) is 89.2 Å². The first-order chi connectivity index (χ1) is 20.5. The maximum atomic E-state index is 13.0. The Morgan fingerprint density at radius 3 is 2.26 bits per heavy atom. The van der Waals surface area contributed by atoms with Crippen molar-refractivity contribution in [3.8, 4) is 11.1 Å². The van der Waals surface area contributed by atoms with E-state index in [-0.39, 0.29) is 11.3 Å². The zero-order chi connectivity index (χ0) is 30.8. The number of carbonyl (C=O) groups is 2. The van der Waals surface area contributed by atoms with Gasteiger partial charge in [-0.1, -0.05) is 55.3 Å². The SMILES string of the molecule is Cc1nc(C)c(C(OC(C)(C)C)C(=O)O)c(N2CCCC3(CCCC3)C2)c1-c1ccc(C(=O)NCc2ccccc2)cc1. The van der Waals surface area contributed by atoms with E-state index in [0.717, 1.165) is 47.6 Å². The lowest BCUT2D eigenvalue weighted by Gasteiger charge is -2.44. The Hall–Kier alpha value is -3.71. The third kappa shape index (κ3) is 6.93. The molecule has 1 spiro atoms. The number of aliphatic carboxylic acids is 1. The van der Waals surface area contributed by atoms with Crippen LogP contribution in [-0.2, 0) is 16.1 Å². The van der Waals surface area contributed by atoms with E-state index in [9.17, 15) is 14.7 Å². The Morgan fingerprint density at radius 2 is 1.63 bits per heavy atom. The van der Waals surface area contributed by atoms with Crippen molar-refractivity contribution < 1.29 is 19.4 Å². The second kappa shape index (κ2) is 12.5. The monoisotopic (exact) mass is 583 g/mol. The predicted molar refractivity (Wildman–Crippen MR) is 170 cm³/mol. The van der Waals surface area contributed by atoms with Crippen LogP contribution in [0.15, 0.2) is 54.6 Å². The summed E-state index contributed by atoms with van der Waals surface area (Å²) >= 11 is 0. The Labute approximate surface area is 255 Å². The molecule has 5 rings (SSSR count). The van der Waals surface area contributed by atoms with E-state index in [0.29, 0.717) is 23.4 Å². The molecule has 1 saturated carbocycles. The van der Waals surface area contributed by atoms with Gasteiger partial charge >= 0.3 is 5.97 Å². The number of aromatic nitrogens is 1. The maximum Gasteiger partial charge on any atom is 0.337 e. The van der Waals surface area contributed by atoms with Crippen LogP contribution in [0.1, 0.15) is 98.3 Å². The number of hydrogen-bond acceptors (Lipinski definition) is 5. The summed E-state index contributed by atoms with van der Waals surface area (Å²) < 4.78 is 6.24. The normalized spacial score (nSPS) is 17.2. The van der Waals surface area contributed by atoms with E-state index in [2.05, 4.69) is 10.2 Å². The van der Waals surface area contributed by atoms with Crippen molar-refractivity contribution >= 4 is 17.6 Å². The van der Waals surface area contributed by atoms with Crippen LogP contribution in [0.3, 0.4) is 0 Å². The maximum absolute atomic E-state index is 13.0. The quantitative estimate of drug-likeness (QED) is 0.287. The third-order valence-electron chi connectivity index (χ3n) is 8.91. The summed E-state index contributed by atoms with van der Waals surface area (Å²) in [7, 11) is 0. The number of carbonyl (C=O) groups excluding carboxylic acids is 1. The number of carboxylic acids is 1. The van der Waals surface area contributed by atoms with Gasteiger partial charge in [-0.2, -0.15) is 0 Å². The number of ether oxygens (including phenoxy) is 1. The number of carboxylic acid groups (broad SMARTS) is 1. The Morgan fingerprint density at radius 1 is 0.977 bits per heavy atom. The molecule has 1 aliphatic carbocycles. The second-order valence-corrected chi connectivity index (χ2v) is 13.3. The molecule has 1 atom stereocenters. The van der Waals surface area contributed by atoms with Crippen LogP contribution in [-0.4, -0.2) is 40.7 Å². The van der Waals surface area contributed by atoms with Crippen molar-refractivity contribution in [3.05, 3.63) is 82.7 Å². The van der Waals surface area contributed by atoms with Crippen LogP contribution in [0.4, 0.5) is 5.69 Å². The largest absolute Gasteiger partial charge is 0.479 e. The number of aryl methyl sites for hydroxylation is 2. The van der Waals surface area contributed by atoms with Crippen molar-refractivity contribution in [2.45, 2.75) is 91.4 Å². The van der Waals surface area contributed by atoms with Crippen LogP contribution >= 0.6 is 0 Å². The smallest absolute Gasteiger partial charge is 0.337 e. The van der Waals surface area contributed by atoms with Gasteiger partial charge in [0.2, 0.25) is 0 Å². The molecule has 7 heteroatoms. The highest BCUT2D eigenvalue weighted by molar-refractivity contribution is 5.95. The number of pyridine rings is 1.